The fourth-order valence-electron chi connectivity index (χ4n) is 1.34. The van der Waals surface area contributed by atoms with Crippen molar-refractivity contribution in [1.82, 2.24) is 5.32 Å². The van der Waals surface area contributed by atoms with Gasteiger partial charge in [-0.1, -0.05) is 17.7 Å². The van der Waals surface area contributed by atoms with Crippen molar-refractivity contribution in [1.29, 1.82) is 0 Å². The van der Waals surface area contributed by atoms with Crippen LogP contribution in [0.25, 0.3) is 0 Å². The number of benzene rings is 1. The molecular weight excluding hydrogens is 231 g/mol. The number of hydrogen-bond donors (Lipinski definition) is 2. The molecule has 0 bridgehead atoms. The Bertz CT molecular complexity index is 398. The minimum Gasteiger partial charge on any atom is -0.368 e. The molecule has 1 amide bonds. The zero-order chi connectivity index (χ0) is 12.3. The van der Waals surface area contributed by atoms with Crippen LogP contribution in [0.15, 0.2) is 18.2 Å². The zero-order valence-electron chi connectivity index (χ0n) is 9.13. The molecule has 0 aliphatic rings. The van der Waals surface area contributed by atoms with Crippen molar-refractivity contribution in [2.45, 2.75) is 25.9 Å². The Labute approximate surface area is 98.8 Å². The number of nitrogens with one attached hydrogen (secondary N) is 1. The third kappa shape index (κ3) is 3.18. The maximum Gasteiger partial charge on any atom is 0.234 e. The van der Waals surface area contributed by atoms with Crippen LogP contribution in [0.1, 0.15) is 25.5 Å². The molecule has 3 nitrogen and oxygen atoms in total. The molecule has 3 N–H and O–H groups in total. The lowest BCUT2D eigenvalue weighted by molar-refractivity contribution is -0.119. The van der Waals surface area contributed by atoms with E-state index < -0.39 is 17.8 Å². The fourth-order valence-corrected chi connectivity index (χ4v) is 1.45. The standard InChI is InChI=1S/C11H14ClFN2O/c1-6(15-7(2)11(14)16)8-3-4-9(12)10(13)5-8/h3-7,15H,1-2H3,(H2,14,16). The van der Waals surface area contributed by atoms with Crippen LogP contribution < -0.4 is 11.1 Å². The van der Waals surface area contributed by atoms with Gasteiger partial charge in [0.2, 0.25) is 5.91 Å². The largest absolute Gasteiger partial charge is 0.368 e. The van der Waals surface area contributed by atoms with Gasteiger partial charge >= 0.3 is 0 Å². The van der Waals surface area contributed by atoms with E-state index in [9.17, 15) is 9.18 Å². The SMILES string of the molecule is CC(NC(C)c1ccc(Cl)c(F)c1)C(N)=O. The number of carbonyl (C=O) groups excluding carboxylic acids is 1. The van der Waals surface area contributed by atoms with Crippen LogP contribution in [0.3, 0.4) is 0 Å². The molecule has 0 aliphatic heterocycles. The number of amides is 1. The highest BCUT2D eigenvalue weighted by Gasteiger charge is 2.14. The molecular formula is C11H14ClFN2O. The van der Waals surface area contributed by atoms with Crippen LogP contribution in [0.5, 0.6) is 0 Å². The molecule has 16 heavy (non-hydrogen) atoms. The van der Waals surface area contributed by atoms with Gasteiger partial charge in [-0.15, -0.1) is 0 Å². The van der Waals surface area contributed by atoms with E-state index in [1.807, 2.05) is 6.92 Å². The van der Waals surface area contributed by atoms with E-state index in [1.54, 1.807) is 13.0 Å². The molecule has 2 atom stereocenters. The summed E-state index contributed by atoms with van der Waals surface area (Å²) < 4.78 is 13.2. The molecule has 1 aromatic rings. The maximum atomic E-state index is 13.2. The number of carbonyl (C=O) groups is 1. The van der Waals surface area contributed by atoms with E-state index in [0.29, 0.717) is 0 Å². The molecule has 0 radical (unpaired) electrons. The molecule has 0 saturated carbocycles. The Morgan fingerprint density at radius 3 is 2.62 bits per heavy atom. The Morgan fingerprint density at radius 2 is 2.12 bits per heavy atom. The summed E-state index contributed by atoms with van der Waals surface area (Å²) in [5, 5.41) is 3.04. The molecule has 0 fully saturated rings. The van der Waals surface area contributed by atoms with Gasteiger partial charge in [-0.05, 0) is 31.5 Å². The first-order chi connectivity index (χ1) is 7.41. The first-order valence-corrected chi connectivity index (χ1v) is 5.30. The third-order valence-electron chi connectivity index (χ3n) is 2.37. The summed E-state index contributed by atoms with van der Waals surface area (Å²) in [7, 11) is 0. The van der Waals surface area contributed by atoms with Crippen molar-refractivity contribution in [3.63, 3.8) is 0 Å². The van der Waals surface area contributed by atoms with Crippen LogP contribution in [-0.4, -0.2) is 11.9 Å². The molecule has 0 aromatic heterocycles. The van der Waals surface area contributed by atoms with Gasteiger partial charge in [0.05, 0.1) is 11.1 Å². The molecule has 2 unspecified atom stereocenters. The molecule has 0 saturated heterocycles. The van der Waals surface area contributed by atoms with Crippen molar-refractivity contribution >= 4 is 17.5 Å². The second-order valence-electron chi connectivity index (χ2n) is 3.69. The summed E-state index contributed by atoms with van der Waals surface area (Å²) in [4.78, 5) is 10.9. The van der Waals surface area contributed by atoms with Gasteiger partial charge in [-0.3, -0.25) is 10.1 Å². The summed E-state index contributed by atoms with van der Waals surface area (Å²) >= 11 is 5.57. The van der Waals surface area contributed by atoms with Crippen molar-refractivity contribution in [3.05, 3.63) is 34.6 Å². The van der Waals surface area contributed by atoms with E-state index in [-0.39, 0.29) is 11.1 Å². The van der Waals surface area contributed by atoms with Crippen molar-refractivity contribution in [2.24, 2.45) is 5.73 Å². The van der Waals surface area contributed by atoms with E-state index in [1.165, 1.54) is 12.1 Å². The van der Waals surface area contributed by atoms with E-state index in [0.717, 1.165) is 5.56 Å². The van der Waals surface area contributed by atoms with Gasteiger partial charge in [-0.2, -0.15) is 0 Å². The lowest BCUT2D eigenvalue weighted by Gasteiger charge is -2.18. The molecule has 0 aliphatic carbocycles. The van der Waals surface area contributed by atoms with Crippen molar-refractivity contribution < 1.29 is 9.18 Å². The van der Waals surface area contributed by atoms with Crippen LogP contribution in [-0.2, 0) is 4.79 Å². The molecule has 1 aromatic carbocycles. The highest BCUT2D eigenvalue weighted by molar-refractivity contribution is 6.30. The van der Waals surface area contributed by atoms with Gasteiger partial charge in [0.1, 0.15) is 5.82 Å². The third-order valence-corrected chi connectivity index (χ3v) is 2.68. The second kappa shape index (κ2) is 5.27. The summed E-state index contributed by atoms with van der Waals surface area (Å²) in [5.41, 5.74) is 5.84. The normalized spacial score (nSPS) is 14.5. The van der Waals surface area contributed by atoms with Crippen LogP contribution in [0.2, 0.25) is 5.02 Å². The Balaban J connectivity index is 2.76. The first kappa shape index (κ1) is 12.9. The lowest BCUT2D eigenvalue weighted by atomic mass is 10.1. The summed E-state index contributed by atoms with van der Waals surface area (Å²) in [6, 6.07) is 3.90. The second-order valence-corrected chi connectivity index (χ2v) is 4.09. The van der Waals surface area contributed by atoms with Gasteiger partial charge in [-0.25, -0.2) is 4.39 Å². The highest BCUT2D eigenvalue weighted by Crippen LogP contribution is 2.20. The molecule has 0 heterocycles. The maximum absolute atomic E-state index is 13.2. The smallest absolute Gasteiger partial charge is 0.234 e. The zero-order valence-corrected chi connectivity index (χ0v) is 9.88. The van der Waals surface area contributed by atoms with Gasteiger partial charge in [0, 0.05) is 6.04 Å². The monoisotopic (exact) mass is 244 g/mol. The number of rotatable bonds is 4. The first-order valence-electron chi connectivity index (χ1n) is 4.92. The Morgan fingerprint density at radius 1 is 1.50 bits per heavy atom. The number of halogens is 2. The quantitative estimate of drug-likeness (QED) is 0.851. The summed E-state index contributed by atoms with van der Waals surface area (Å²) in [5.74, 6) is -0.916. The van der Waals surface area contributed by atoms with Crippen molar-refractivity contribution in [2.75, 3.05) is 0 Å². The Kier molecular flexibility index (Phi) is 4.26. The minimum atomic E-state index is -0.473. The average Bonchev–Trinajstić information content (AvgIpc) is 2.21. The van der Waals surface area contributed by atoms with Gasteiger partial charge in [0.15, 0.2) is 0 Å². The fraction of sp³-hybridized carbons (Fsp3) is 0.364. The van der Waals surface area contributed by atoms with E-state index in [4.69, 9.17) is 17.3 Å². The molecule has 88 valence electrons. The van der Waals surface area contributed by atoms with Crippen molar-refractivity contribution in [3.8, 4) is 0 Å². The topological polar surface area (TPSA) is 55.1 Å². The molecule has 0 spiro atoms. The van der Waals surface area contributed by atoms with Crippen LogP contribution in [0, 0.1) is 5.82 Å². The van der Waals surface area contributed by atoms with Gasteiger partial charge < -0.3 is 5.73 Å². The van der Waals surface area contributed by atoms with E-state index in [2.05, 4.69) is 5.32 Å². The number of primary amides is 1. The van der Waals surface area contributed by atoms with Crippen LogP contribution >= 0.6 is 11.6 Å². The Hall–Kier alpha value is -1.13. The average molecular weight is 245 g/mol. The minimum absolute atomic E-state index is 0.0823. The predicted molar refractivity (Wildman–Crippen MR) is 61.6 cm³/mol. The number of hydrogen-bond acceptors (Lipinski definition) is 2. The molecule has 5 heteroatoms. The predicted octanol–water partition coefficient (Wildman–Crippen LogP) is 2.00. The number of nitrogens with two attached hydrogens (primary N) is 1. The summed E-state index contributed by atoms with van der Waals surface area (Å²) in [6.45, 7) is 3.48. The lowest BCUT2D eigenvalue weighted by Crippen LogP contribution is -2.40. The molecule has 1 rings (SSSR count). The van der Waals surface area contributed by atoms with Crippen LogP contribution in [0.4, 0.5) is 4.39 Å². The highest BCUT2D eigenvalue weighted by atomic mass is 35.5. The summed E-state index contributed by atoms with van der Waals surface area (Å²) in [6.07, 6.45) is 0. The van der Waals surface area contributed by atoms with Gasteiger partial charge in [0.25, 0.3) is 0 Å². The van der Waals surface area contributed by atoms with E-state index >= 15 is 0 Å².